The van der Waals surface area contributed by atoms with Gasteiger partial charge >= 0.3 is 0 Å². The maximum atomic E-state index is 6.96. The van der Waals surface area contributed by atoms with Crippen molar-refractivity contribution >= 4 is 17.4 Å². The average molecular weight is 599 g/mol. The van der Waals surface area contributed by atoms with Crippen LogP contribution < -0.4 is 10.1 Å². The summed E-state index contributed by atoms with van der Waals surface area (Å²) in [6, 6.07) is 16.5. The van der Waals surface area contributed by atoms with E-state index < -0.39 is 0 Å². The van der Waals surface area contributed by atoms with E-state index in [2.05, 4.69) is 109 Å². The van der Waals surface area contributed by atoms with E-state index in [4.69, 9.17) is 19.7 Å². The molecule has 3 heterocycles. The highest BCUT2D eigenvalue weighted by molar-refractivity contribution is 6.05. The Labute approximate surface area is 268 Å². The van der Waals surface area contributed by atoms with Gasteiger partial charge in [0, 0.05) is 36.1 Å². The Morgan fingerprint density at radius 1 is 0.957 bits per heavy atom. The second-order valence-corrected chi connectivity index (χ2v) is 14.0. The zero-order valence-corrected chi connectivity index (χ0v) is 25.6. The number of rotatable bonds is 2. The lowest BCUT2D eigenvalue weighted by Crippen LogP contribution is -2.49. The number of hydrogen-bond donors (Lipinski definition) is 1. The molecule has 8 aliphatic rings. The Morgan fingerprint density at radius 2 is 1.91 bits per heavy atom. The number of aryl methyl sites for hydroxylation is 1. The fourth-order valence-corrected chi connectivity index (χ4v) is 10.2. The van der Waals surface area contributed by atoms with Gasteiger partial charge in [-0.3, -0.25) is 9.98 Å². The van der Waals surface area contributed by atoms with Crippen LogP contribution in [-0.2, 0) is 11.8 Å². The second-order valence-electron chi connectivity index (χ2n) is 14.0. The van der Waals surface area contributed by atoms with Crippen LogP contribution in [0, 0.1) is 5.92 Å². The summed E-state index contributed by atoms with van der Waals surface area (Å²) in [4.78, 5) is 15.6. The third-order valence-corrected chi connectivity index (χ3v) is 11.9. The molecule has 7 atom stereocenters. The number of allylic oxidation sites excluding steroid dienone is 6. The highest BCUT2D eigenvalue weighted by atomic mass is 16.5. The van der Waals surface area contributed by atoms with Crippen LogP contribution in [0.1, 0.15) is 70.4 Å². The van der Waals surface area contributed by atoms with Crippen molar-refractivity contribution in [2.75, 3.05) is 6.54 Å². The number of ether oxygens (including phenoxy) is 1. The number of hydrogen-bond acceptors (Lipinski definition) is 5. The Balaban J connectivity index is 1.12. The molecule has 5 heteroatoms. The Bertz CT molecular complexity index is 2090. The van der Waals surface area contributed by atoms with Gasteiger partial charge in [0.05, 0.1) is 40.3 Å². The first kappa shape index (κ1) is 25.6. The topological polar surface area (TPSA) is 59.4 Å². The van der Waals surface area contributed by atoms with Gasteiger partial charge in [0.15, 0.2) is 0 Å². The molecule has 224 valence electrons. The first-order valence-electron chi connectivity index (χ1n) is 17.0. The van der Waals surface area contributed by atoms with Crippen molar-refractivity contribution in [2.24, 2.45) is 10.9 Å². The smallest absolute Gasteiger partial charge is 0.125 e. The maximum absolute atomic E-state index is 6.96. The molecule has 0 amide bonds. The molecule has 1 N–H and O–H groups in total. The fraction of sp³-hybridized carbons (Fsp3) is 0.293. The maximum Gasteiger partial charge on any atom is 0.125 e. The lowest BCUT2D eigenvalue weighted by molar-refractivity contribution is 0.141. The summed E-state index contributed by atoms with van der Waals surface area (Å²) in [5.41, 5.74) is 14.2. The predicted molar refractivity (Wildman–Crippen MR) is 181 cm³/mol. The molecule has 0 fully saturated rings. The van der Waals surface area contributed by atoms with Crippen molar-refractivity contribution in [2.45, 2.75) is 61.1 Å². The van der Waals surface area contributed by atoms with Gasteiger partial charge in [0.25, 0.3) is 0 Å². The molecule has 1 spiro atoms. The van der Waals surface area contributed by atoms with Gasteiger partial charge in [-0.05, 0) is 77.3 Å². The molecule has 2 aromatic carbocycles. The van der Waals surface area contributed by atoms with E-state index in [1.165, 1.54) is 27.8 Å². The second kappa shape index (κ2) is 9.23. The largest absolute Gasteiger partial charge is 0.485 e. The number of benzene rings is 2. The molecular formula is C41H34N4O. The molecule has 46 heavy (non-hydrogen) atoms. The van der Waals surface area contributed by atoms with Gasteiger partial charge in [0.1, 0.15) is 11.9 Å². The van der Waals surface area contributed by atoms with E-state index >= 15 is 0 Å². The number of aromatic nitrogens is 2. The zero-order valence-electron chi connectivity index (χ0n) is 25.6. The van der Waals surface area contributed by atoms with Crippen molar-refractivity contribution in [3.05, 3.63) is 148 Å². The highest BCUT2D eigenvalue weighted by Gasteiger charge is 2.65. The van der Waals surface area contributed by atoms with Crippen LogP contribution in [0.5, 0.6) is 5.75 Å². The zero-order chi connectivity index (χ0) is 30.0. The van der Waals surface area contributed by atoms with E-state index in [-0.39, 0.29) is 41.4 Å². The molecule has 0 saturated heterocycles. The lowest BCUT2D eigenvalue weighted by Gasteiger charge is -2.47. The lowest BCUT2D eigenvalue weighted by atomic mass is 9.60. The monoisotopic (exact) mass is 598 g/mol. The molecule has 5 nitrogen and oxygen atoms in total. The minimum Gasteiger partial charge on any atom is -0.485 e. The number of aliphatic imine (C=N–C) groups is 1. The number of nitrogens with zero attached hydrogens (tertiary/aromatic N) is 3. The SMILES string of the molecule is C1=CC2N=C(C3=CC4C(C=C3)Oc3cccc5c3C43C4=C(CCC(c6cnc7c(n6)C=CCC7)C45)c4ccccc43)CNC2C=C1. The molecule has 1 aromatic heterocycles. The number of fused-ring (bicyclic) bond motifs is 6. The van der Waals surface area contributed by atoms with E-state index in [1.807, 2.05) is 0 Å². The van der Waals surface area contributed by atoms with Crippen molar-refractivity contribution in [3.8, 4) is 5.75 Å². The van der Waals surface area contributed by atoms with Crippen LogP contribution in [0.15, 0.2) is 113 Å². The Morgan fingerprint density at radius 3 is 2.91 bits per heavy atom. The summed E-state index contributed by atoms with van der Waals surface area (Å²) >= 11 is 0. The van der Waals surface area contributed by atoms with Crippen LogP contribution in [0.2, 0.25) is 0 Å². The molecule has 11 rings (SSSR count). The van der Waals surface area contributed by atoms with Crippen LogP contribution in [0.25, 0.3) is 11.6 Å². The normalized spacial score (nSPS) is 33.2. The first-order valence-corrected chi connectivity index (χ1v) is 17.0. The molecule has 7 unspecified atom stereocenters. The van der Waals surface area contributed by atoms with Crippen LogP contribution in [0.3, 0.4) is 0 Å². The van der Waals surface area contributed by atoms with Crippen molar-refractivity contribution < 1.29 is 4.74 Å². The quantitative estimate of drug-likeness (QED) is 0.347. The van der Waals surface area contributed by atoms with E-state index in [0.29, 0.717) is 0 Å². The summed E-state index contributed by atoms with van der Waals surface area (Å²) in [6.45, 7) is 0.767. The summed E-state index contributed by atoms with van der Waals surface area (Å²) in [5, 5.41) is 3.73. The summed E-state index contributed by atoms with van der Waals surface area (Å²) in [5.74, 6) is 1.67. The van der Waals surface area contributed by atoms with Crippen LogP contribution >= 0.6 is 0 Å². The van der Waals surface area contributed by atoms with E-state index in [1.54, 1.807) is 11.1 Å². The molecule has 6 aliphatic carbocycles. The van der Waals surface area contributed by atoms with Crippen molar-refractivity contribution in [1.29, 1.82) is 0 Å². The molecule has 0 saturated carbocycles. The third kappa shape index (κ3) is 3.21. The van der Waals surface area contributed by atoms with Gasteiger partial charge < -0.3 is 10.1 Å². The first-order chi connectivity index (χ1) is 22.8. The van der Waals surface area contributed by atoms with Crippen LogP contribution in [-0.4, -0.2) is 40.4 Å². The Hall–Kier alpha value is -4.61. The van der Waals surface area contributed by atoms with Gasteiger partial charge in [-0.1, -0.05) is 78.9 Å². The minimum absolute atomic E-state index is 0.0541. The predicted octanol–water partition coefficient (Wildman–Crippen LogP) is 6.94. The summed E-state index contributed by atoms with van der Waals surface area (Å²) < 4.78 is 6.96. The van der Waals surface area contributed by atoms with Crippen LogP contribution in [0.4, 0.5) is 0 Å². The van der Waals surface area contributed by atoms with Gasteiger partial charge in [-0.25, -0.2) is 4.98 Å². The van der Waals surface area contributed by atoms with Crippen molar-refractivity contribution in [1.82, 2.24) is 15.3 Å². The third-order valence-electron chi connectivity index (χ3n) is 11.9. The molecular weight excluding hydrogens is 564 g/mol. The average Bonchev–Trinajstić information content (AvgIpc) is 3.59. The summed E-state index contributed by atoms with van der Waals surface area (Å²) in [7, 11) is 0. The van der Waals surface area contributed by atoms with E-state index in [9.17, 15) is 0 Å². The van der Waals surface area contributed by atoms with Gasteiger partial charge in [0.2, 0.25) is 0 Å². The summed E-state index contributed by atoms with van der Waals surface area (Å²) in [6.07, 6.45) is 26.4. The van der Waals surface area contributed by atoms with E-state index in [0.717, 1.165) is 60.8 Å². The minimum atomic E-state index is -0.277. The standard InChI is InChI=1S/C41H34N4O/c1-2-10-28-24(8-1)25-17-18-26(35-22-43-31-12-4-6-14-33(31)45-35)38-27-9-7-15-37-39(27)41(28,40(25)38)29-20-23(16-19-36(29)46-37)34-21-42-30-11-3-5-13-32(30)44-34/h1-3,5-11,13-16,19-20,22,26,29-30,32,36,38,42H,4,12,17-18,21H2. The van der Waals surface area contributed by atoms with Gasteiger partial charge in [-0.15, -0.1) is 0 Å². The molecule has 3 aromatic rings. The van der Waals surface area contributed by atoms with Crippen molar-refractivity contribution in [3.63, 3.8) is 0 Å². The highest BCUT2D eigenvalue weighted by Crippen LogP contribution is 2.73. The van der Waals surface area contributed by atoms with Gasteiger partial charge in [-0.2, -0.15) is 0 Å². The molecule has 2 aliphatic heterocycles. The fourth-order valence-electron chi connectivity index (χ4n) is 10.2. The molecule has 0 bridgehead atoms. The molecule has 0 radical (unpaired) electrons. The Kier molecular flexibility index (Phi) is 5.13. The number of nitrogens with one attached hydrogen (secondary N) is 1.